The van der Waals surface area contributed by atoms with Crippen molar-refractivity contribution in [3.05, 3.63) is 29.3 Å². The third-order valence-corrected chi connectivity index (χ3v) is 3.39. The summed E-state index contributed by atoms with van der Waals surface area (Å²) < 4.78 is 1.77. The van der Waals surface area contributed by atoms with E-state index in [1.165, 1.54) is 6.33 Å². The molecule has 0 fully saturated rings. The van der Waals surface area contributed by atoms with Crippen molar-refractivity contribution in [1.82, 2.24) is 19.7 Å². The molecule has 7 heteroatoms. The number of nitrogens with zero attached hydrogens (tertiary/aromatic N) is 4. The van der Waals surface area contributed by atoms with E-state index in [4.69, 9.17) is 17.3 Å². The molecule has 2 aromatic heterocycles. The van der Waals surface area contributed by atoms with Crippen molar-refractivity contribution in [3.63, 3.8) is 0 Å². The van der Waals surface area contributed by atoms with Crippen molar-refractivity contribution in [2.45, 2.75) is 26.8 Å². The zero-order valence-electron chi connectivity index (χ0n) is 12.1. The Morgan fingerprint density at radius 2 is 2.05 bits per heavy atom. The lowest BCUT2D eigenvalue weighted by molar-refractivity contribution is 0.346. The lowest BCUT2D eigenvalue weighted by atomic mass is 9.83. The quantitative estimate of drug-likeness (QED) is 0.909. The van der Waals surface area contributed by atoms with Crippen LogP contribution >= 0.6 is 11.6 Å². The number of nitrogens with two attached hydrogens (primary N) is 1. The second-order valence-corrected chi connectivity index (χ2v) is 6.19. The topological polar surface area (TPSA) is 81.7 Å². The van der Waals surface area contributed by atoms with Crippen LogP contribution in [0, 0.1) is 5.41 Å². The van der Waals surface area contributed by atoms with Gasteiger partial charge in [0.2, 0.25) is 0 Å². The molecule has 0 amide bonds. The Labute approximate surface area is 123 Å². The smallest absolute Gasteiger partial charge is 0.150 e. The molecule has 0 aliphatic heterocycles. The van der Waals surface area contributed by atoms with Gasteiger partial charge in [0.15, 0.2) is 5.82 Å². The van der Waals surface area contributed by atoms with Crippen LogP contribution in [-0.2, 0) is 7.05 Å². The van der Waals surface area contributed by atoms with E-state index >= 15 is 0 Å². The highest BCUT2D eigenvalue weighted by Gasteiger charge is 2.28. The summed E-state index contributed by atoms with van der Waals surface area (Å²) in [6.45, 7) is 6.41. The number of nitrogens with one attached hydrogen (secondary N) is 1. The zero-order valence-corrected chi connectivity index (χ0v) is 12.8. The van der Waals surface area contributed by atoms with Gasteiger partial charge < -0.3 is 11.1 Å². The highest BCUT2D eigenvalue weighted by Crippen LogP contribution is 2.37. The molecule has 1 atom stereocenters. The molecule has 0 bridgehead atoms. The van der Waals surface area contributed by atoms with E-state index in [9.17, 15) is 0 Å². The van der Waals surface area contributed by atoms with Crippen molar-refractivity contribution < 1.29 is 0 Å². The summed E-state index contributed by atoms with van der Waals surface area (Å²) in [4.78, 5) is 8.03. The molecular weight excluding hydrogens is 276 g/mol. The van der Waals surface area contributed by atoms with Gasteiger partial charge in [-0.2, -0.15) is 5.10 Å². The van der Waals surface area contributed by atoms with E-state index in [0.717, 1.165) is 5.56 Å². The number of hydrogen-bond donors (Lipinski definition) is 2. The summed E-state index contributed by atoms with van der Waals surface area (Å²) in [7, 11) is 1.89. The van der Waals surface area contributed by atoms with Crippen molar-refractivity contribution in [3.8, 4) is 0 Å². The summed E-state index contributed by atoms with van der Waals surface area (Å²) in [5, 5.41) is 7.90. The fourth-order valence-corrected chi connectivity index (χ4v) is 2.16. The standard InChI is InChI=1S/C13H19ClN6/c1-13(2,3)10(8-5-18-20(4)6-8)19-12-9(14)11(15)16-7-17-12/h5-7,10H,1-4H3,(H3,15,16,17,19). The third-order valence-electron chi connectivity index (χ3n) is 3.02. The van der Waals surface area contributed by atoms with Gasteiger partial charge in [0.1, 0.15) is 17.2 Å². The van der Waals surface area contributed by atoms with Gasteiger partial charge in [0, 0.05) is 18.8 Å². The monoisotopic (exact) mass is 294 g/mol. The largest absolute Gasteiger partial charge is 0.382 e. The van der Waals surface area contributed by atoms with E-state index in [1.807, 2.05) is 19.4 Å². The molecule has 0 saturated carbocycles. The van der Waals surface area contributed by atoms with Crippen LogP contribution in [-0.4, -0.2) is 19.7 Å². The molecule has 6 nitrogen and oxygen atoms in total. The van der Waals surface area contributed by atoms with E-state index in [-0.39, 0.29) is 17.3 Å². The number of aryl methyl sites for hydroxylation is 1. The number of rotatable bonds is 3. The maximum Gasteiger partial charge on any atom is 0.150 e. The summed E-state index contributed by atoms with van der Waals surface area (Å²) in [6, 6.07) is 0.00278. The van der Waals surface area contributed by atoms with Crippen LogP contribution in [0.5, 0.6) is 0 Å². The second kappa shape index (κ2) is 5.28. The molecule has 2 heterocycles. The first-order chi connectivity index (χ1) is 9.29. The first kappa shape index (κ1) is 14.6. The minimum absolute atomic E-state index is 0.00278. The van der Waals surface area contributed by atoms with Crippen LogP contribution in [0.1, 0.15) is 32.4 Å². The van der Waals surface area contributed by atoms with Crippen LogP contribution in [0.4, 0.5) is 11.6 Å². The maximum atomic E-state index is 6.15. The molecular formula is C13H19ClN6. The van der Waals surface area contributed by atoms with Gasteiger partial charge >= 0.3 is 0 Å². The van der Waals surface area contributed by atoms with E-state index in [0.29, 0.717) is 10.8 Å². The van der Waals surface area contributed by atoms with Crippen LogP contribution in [0.15, 0.2) is 18.7 Å². The molecule has 0 spiro atoms. The van der Waals surface area contributed by atoms with E-state index in [2.05, 4.69) is 41.2 Å². The van der Waals surface area contributed by atoms with Crippen LogP contribution in [0.3, 0.4) is 0 Å². The Balaban J connectivity index is 2.36. The highest BCUT2D eigenvalue weighted by atomic mass is 35.5. The molecule has 0 saturated heterocycles. The lowest BCUT2D eigenvalue weighted by Gasteiger charge is -2.31. The van der Waals surface area contributed by atoms with Crippen LogP contribution in [0.25, 0.3) is 0 Å². The third kappa shape index (κ3) is 3.01. The van der Waals surface area contributed by atoms with Crippen LogP contribution < -0.4 is 11.1 Å². The normalized spacial score (nSPS) is 13.2. The van der Waals surface area contributed by atoms with E-state index < -0.39 is 0 Å². The molecule has 2 aromatic rings. The minimum atomic E-state index is -0.0495. The van der Waals surface area contributed by atoms with Crippen molar-refractivity contribution in [2.24, 2.45) is 12.5 Å². The molecule has 2 rings (SSSR count). The second-order valence-electron chi connectivity index (χ2n) is 5.81. The number of anilines is 2. The summed E-state index contributed by atoms with van der Waals surface area (Å²) >= 11 is 6.15. The number of nitrogen functional groups attached to an aromatic ring is 1. The number of halogens is 1. The molecule has 108 valence electrons. The van der Waals surface area contributed by atoms with Gasteiger partial charge in [0.05, 0.1) is 12.2 Å². The highest BCUT2D eigenvalue weighted by molar-refractivity contribution is 6.35. The SMILES string of the molecule is Cn1cc(C(Nc2ncnc(N)c2Cl)C(C)(C)C)cn1. The minimum Gasteiger partial charge on any atom is -0.382 e. The average molecular weight is 295 g/mol. The fraction of sp³-hybridized carbons (Fsp3) is 0.462. The van der Waals surface area contributed by atoms with Crippen molar-refractivity contribution in [1.29, 1.82) is 0 Å². The van der Waals surface area contributed by atoms with Gasteiger partial charge in [0.25, 0.3) is 0 Å². The Hall–Kier alpha value is -1.82. The van der Waals surface area contributed by atoms with Gasteiger partial charge in [-0.15, -0.1) is 0 Å². The maximum absolute atomic E-state index is 6.15. The predicted octanol–water partition coefficient (Wildman–Crippen LogP) is 2.65. The summed E-state index contributed by atoms with van der Waals surface area (Å²) in [6.07, 6.45) is 5.20. The molecule has 3 N–H and O–H groups in total. The zero-order chi connectivity index (χ0) is 14.9. The Morgan fingerprint density at radius 3 is 2.60 bits per heavy atom. The van der Waals surface area contributed by atoms with Gasteiger partial charge in [-0.25, -0.2) is 9.97 Å². The molecule has 20 heavy (non-hydrogen) atoms. The van der Waals surface area contributed by atoms with Gasteiger partial charge in [-0.3, -0.25) is 4.68 Å². The molecule has 0 aliphatic rings. The Morgan fingerprint density at radius 1 is 1.35 bits per heavy atom. The van der Waals surface area contributed by atoms with Crippen molar-refractivity contribution >= 4 is 23.2 Å². The Bertz CT molecular complexity index is 601. The molecule has 1 unspecified atom stereocenters. The summed E-state index contributed by atoms with van der Waals surface area (Å²) in [5.74, 6) is 0.797. The average Bonchev–Trinajstić information content (AvgIpc) is 2.76. The van der Waals surface area contributed by atoms with Gasteiger partial charge in [-0.1, -0.05) is 32.4 Å². The number of hydrogen-bond acceptors (Lipinski definition) is 5. The van der Waals surface area contributed by atoms with Gasteiger partial charge in [-0.05, 0) is 5.41 Å². The number of aromatic nitrogens is 4. The molecule has 0 radical (unpaired) electrons. The predicted molar refractivity (Wildman–Crippen MR) is 80.5 cm³/mol. The first-order valence-electron chi connectivity index (χ1n) is 6.30. The van der Waals surface area contributed by atoms with E-state index in [1.54, 1.807) is 4.68 Å². The lowest BCUT2D eigenvalue weighted by Crippen LogP contribution is -2.26. The van der Waals surface area contributed by atoms with Crippen molar-refractivity contribution in [2.75, 3.05) is 11.1 Å². The molecule has 0 aromatic carbocycles. The summed E-state index contributed by atoms with van der Waals surface area (Å²) in [5.41, 5.74) is 6.72. The Kier molecular flexibility index (Phi) is 3.85. The van der Waals surface area contributed by atoms with Crippen LogP contribution in [0.2, 0.25) is 5.02 Å². The first-order valence-corrected chi connectivity index (χ1v) is 6.68. The fourth-order valence-electron chi connectivity index (χ4n) is 2.01. The molecule has 0 aliphatic carbocycles.